The molecule has 1 amide bonds. The van der Waals surface area contributed by atoms with Gasteiger partial charge in [0.25, 0.3) is 0 Å². The molecule has 0 heterocycles. The van der Waals surface area contributed by atoms with Crippen LogP contribution >= 0.6 is 0 Å². The van der Waals surface area contributed by atoms with Crippen LogP contribution in [0.4, 0.5) is 0 Å². The average Bonchev–Trinajstić information content (AvgIpc) is 2.38. The van der Waals surface area contributed by atoms with Gasteiger partial charge in [0, 0.05) is 19.0 Å². The van der Waals surface area contributed by atoms with Gasteiger partial charge in [-0.05, 0) is 44.4 Å². The van der Waals surface area contributed by atoms with Gasteiger partial charge in [-0.3, -0.25) is 4.79 Å². The summed E-state index contributed by atoms with van der Waals surface area (Å²) in [6.45, 7) is 5.22. The van der Waals surface area contributed by atoms with Crippen molar-refractivity contribution in [2.75, 3.05) is 13.2 Å². The minimum atomic E-state index is 0.0783. The van der Waals surface area contributed by atoms with Crippen molar-refractivity contribution < 1.29 is 9.53 Å². The number of nitrogens with two attached hydrogens (primary N) is 1. The first-order valence-electron chi connectivity index (χ1n) is 6.85. The quantitative estimate of drug-likeness (QED) is 0.753. The normalized spacial score (nSPS) is 11.9. The van der Waals surface area contributed by atoms with Gasteiger partial charge in [-0.1, -0.05) is 12.1 Å². The van der Waals surface area contributed by atoms with Crippen LogP contribution in [0.1, 0.15) is 32.3 Å². The minimum Gasteiger partial charge on any atom is -0.494 e. The van der Waals surface area contributed by atoms with E-state index in [2.05, 4.69) is 5.32 Å². The number of nitrogens with one attached hydrogen (secondary N) is 1. The second-order valence-electron chi connectivity index (χ2n) is 4.69. The molecule has 4 nitrogen and oxygen atoms in total. The fraction of sp³-hybridized carbons (Fsp3) is 0.533. The molecule has 0 saturated heterocycles. The molecule has 0 bridgehead atoms. The molecule has 0 aliphatic rings. The van der Waals surface area contributed by atoms with Crippen LogP contribution in [-0.4, -0.2) is 25.1 Å². The van der Waals surface area contributed by atoms with E-state index in [1.165, 1.54) is 0 Å². The van der Waals surface area contributed by atoms with Gasteiger partial charge in [-0.2, -0.15) is 0 Å². The van der Waals surface area contributed by atoms with Crippen LogP contribution in [0.3, 0.4) is 0 Å². The number of aryl methyl sites for hydroxylation is 1. The number of benzene rings is 1. The van der Waals surface area contributed by atoms with E-state index in [0.29, 0.717) is 19.6 Å². The van der Waals surface area contributed by atoms with Crippen LogP contribution in [0.5, 0.6) is 5.75 Å². The van der Waals surface area contributed by atoms with Gasteiger partial charge in [0.15, 0.2) is 0 Å². The molecule has 0 aliphatic heterocycles. The number of carbonyl (C=O) groups excluding carboxylic acids is 1. The van der Waals surface area contributed by atoms with Gasteiger partial charge in [0.05, 0.1) is 6.61 Å². The first-order chi connectivity index (χ1) is 9.11. The van der Waals surface area contributed by atoms with E-state index in [1.54, 1.807) is 0 Å². The average molecular weight is 264 g/mol. The molecule has 0 aromatic heterocycles. The highest BCUT2D eigenvalue weighted by Crippen LogP contribution is 2.13. The Morgan fingerprint density at radius 1 is 1.37 bits per heavy atom. The highest BCUT2D eigenvalue weighted by atomic mass is 16.5. The summed E-state index contributed by atoms with van der Waals surface area (Å²) >= 11 is 0. The van der Waals surface area contributed by atoms with Crippen LogP contribution in [0, 0.1) is 0 Å². The molecule has 0 spiro atoms. The van der Waals surface area contributed by atoms with Gasteiger partial charge < -0.3 is 15.8 Å². The van der Waals surface area contributed by atoms with Crippen LogP contribution in [0.2, 0.25) is 0 Å². The summed E-state index contributed by atoms with van der Waals surface area (Å²) in [6.07, 6.45) is 2.07. The molecular weight excluding hydrogens is 240 g/mol. The van der Waals surface area contributed by atoms with Crippen molar-refractivity contribution in [2.24, 2.45) is 5.73 Å². The van der Waals surface area contributed by atoms with E-state index in [1.807, 2.05) is 38.1 Å². The molecule has 3 N–H and O–H groups in total. The minimum absolute atomic E-state index is 0.0783. The smallest absolute Gasteiger partial charge is 0.220 e. The van der Waals surface area contributed by atoms with Crippen LogP contribution in [-0.2, 0) is 11.2 Å². The molecule has 0 aliphatic carbocycles. The molecule has 1 aromatic rings. The lowest BCUT2D eigenvalue weighted by Crippen LogP contribution is -2.29. The molecule has 0 fully saturated rings. The number of carbonyl (C=O) groups is 1. The number of rotatable bonds is 8. The lowest BCUT2D eigenvalue weighted by Gasteiger charge is -2.08. The maximum Gasteiger partial charge on any atom is 0.220 e. The molecule has 0 saturated carbocycles. The van der Waals surface area contributed by atoms with E-state index in [-0.39, 0.29) is 11.9 Å². The van der Waals surface area contributed by atoms with Crippen molar-refractivity contribution in [3.8, 4) is 5.75 Å². The van der Waals surface area contributed by atoms with Crippen LogP contribution in [0.15, 0.2) is 24.3 Å². The van der Waals surface area contributed by atoms with E-state index in [0.717, 1.165) is 24.2 Å². The van der Waals surface area contributed by atoms with Gasteiger partial charge >= 0.3 is 0 Å². The first kappa shape index (κ1) is 15.5. The molecule has 106 valence electrons. The zero-order valence-corrected chi connectivity index (χ0v) is 11.8. The molecule has 0 radical (unpaired) electrons. The highest BCUT2D eigenvalue weighted by molar-refractivity contribution is 5.76. The number of ether oxygens (including phenoxy) is 1. The number of amides is 1. The molecular formula is C15H24N2O2. The summed E-state index contributed by atoms with van der Waals surface area (Å²) in [5, 5.41) is 2.87. The predicted octanol–water partition coefficient (Wildman–Crippen LogP) is 1.87. The summed E-state index contributed by atoms with van der Waals surface area (Å²) in [5.74, 6) is 0.946. The standard InChI is InChI=1S/C15H24N2O2/c1-3-19-14-7-4-13(5-8-14)6-9-15(18)17-11-10-12(2)16/h4-5,7-8,12H,3,6,9-11,16H2,1-2H3,(H,17,18). The third-order valence-corrected chi connectivity index (χ3v) is 2.80. The summed E-state index contributed by atoms with van der Waals surface area (Å²) in [7, 11) is 0. The lowest BCUT2D eigenvalue weighted by atomic mass is 10.1. The zero-order valence-electron chi connectivity index (χ0n) is 11.8. The van der Waals surface area contributed by atoms with Gasteiger partial charge in [0.2, 0.25) is 5.91 Å². The first-order valence-corrected chi connectivity index (χ1v) is 6.85. The zero-order chi connectivity index (χ0) is 14.1. The monoisotopic (exact) mass is 264 g/mol. The number of hydrogen-bond donors (Lipinski definition) is 2. The SMILES string of the molecule is CCOc1ccc(CCC(=O)NCCC(C)N)cc1. The molecule has 1 atom stereocenters. The Labute approximate surface area is 115 Å². The van der Waals surface area contributed by atoms with Gasteiger partial charge in [0.1, 0.15) is 5.75 Å². The Hall–Kier alpha value is -1.55. The molecule has 4 heteroatoms. The largest absolute Gasteiger partial charge is 0.494 e. The summed E-state index contributed by atoms with van der Waals surface area (Å²) in [5.41, 5.74) is 6.76. The Morgan fingerprint density at radius 2 is 2.05 bits per heavy atom. The second-order valence-corrected chi connectivity index (χ2v) is 4.69. The van der Waals surface area contributed by atoms with Crippen molar-refractivity contribution in [2.45, 2.75) is 39.2 Å². The Balaban J connectivity index is 2.25. The van der Waals surface area contributed by atoms with Crippen molar-refractivity contribution in [1.82, 2.24) is 5.32 Å². The summed E-state index contributed by atoms with van der Waals surface area (Å²) in [4.78, 5) is 11.6. The summed E-state index contributed by atoms with van der Waals surface area (Å²) in [6, 6.07) is 8.01. The number of hydrogen-bond acceptors (Lipinski definition) is 3. The van der Waals surface area contributed by atoms with Crippen molar-refractivity contribution >= 4 is 5.91 Å². The predicted molar refractivity (Wildman–Crippen MR) is 77.2 cm³/mol. The Morgan fingerprint density at radius 3 is 2.63 bits per heavy atom. The maximum atomic E-state index is 11.6. The van der Waals surface area contributed by atoms with Crippen molar-refractivity contribution in [3.63, 3.8) is 0 Å². The van der Waals surface area contributed by atoms with Crippen LogP contribution < -0.4 is 15.8 Å². The van der Waals surface area contributed by atoms with Gasteiger partial charge in [-0.15, -0.1) is 0 Å². The van der Waals surface area contributed by atoms with E-state index in [4.69, 9.17) is 10.5 Å². The van der Waals surface area contributed by atoms with Crippen molar-refractivity contribution in [3.05, 3.63) is 29.8 Å². The molecule has 1 unspecified atom stereocenters. The lowest BCUT2D eigenvalue weighted by molar-refractivity contribution is -0.121. The third-order valence-electron chi connectivity index (χ3n) is 2.80. The van der Waals surface area contributed by atoms with E-state index >= 15 is 0 Å². The third kappa shape index (κ3) is 6.82. The molecule has 19 heavy (non-hydrogen) atoms. The highest BCUT2D eigenvalue weighted by Gasteiger charge is 2.03. The van der Waals surface area contributed by atoms with Crippen LogP contribution in [0.25, 0.3) is 0 Å². The second kappa shape index (κ2) is 8.53. The Bertz CT molecular complexity index is 374. The van der Waals surface area contributed by atoms with E-state index < -0.39 is 0 Å². The molecule has 1 rings (SSSR count). The topological polar surface area (TPSA) is 64.3 Å². The fourth-order valence-corrected chi connectivity index (χ4v) is 1.70. The maximum absolute atomic E-state index is 11.6. The molecule has 1 aromatic carbocycles. The van der Waals surface area contributed by atoms with E-state index in [9.17, 15) is 4.79 Å². The fourth-order valence-electron chi connectivity index (χ4n) is 1.70. The summed E-state index contributed by atoms with van der Waals surface area (Å²) < 4.78 is 5.37. The van der Waals surface area contributed by atoms with Crippen molar-refractivity contribution in [1.29, 1.82) is 0 Å². The van der Waals surface area contributed by atoms with Gasteiger partial charge in [-0.25, -0.2) is 0 Å². The Kier molecular flexibility index (Phi) is 6.97.